The second-order valence-electron chi connectivity index (χ2n) is 5.19. The number of halogens is 1. The van der Waals surface area contributed by atoms with Gasteiger partial charge >= 0.3 is 0 Å². The molecule has 2 aromatic carbocycles. The molecule has 0 fully saturated rings. The van der Waals surface area contributed by atoms with Gasteiger partial charge in [0, 0.05) is 22.9 Å². The topological polar surface area (TPSA) is 72.2 Å². The van der Waals surface area contributed by atoms with Crippen LogP contribution in [0.5, 0.6) is 0 Å². The number of nitro benzene ring substituents is 1. The molecule has 1 N–H and O–H groups in total. The van der Waals surface area contributed by atoms with Crippen molar-refractivity contribution in [2.75, 3.05) is 5.32 Å². The van der Waals surface area contributed by atoms with Gasteiger partial charge < -0.3 is 5.32 Å². The first-order valence-corrected chi connectivity index (χ1v) is 8.69. The first-order valence-electron chi connectivity index (χ1n) is 7.44. The van der Waals surface area contributed by atoms with E-state index in [1.54, 1.807) is 29.5 Å². The van der Waals surface area contributed by atoms with Crippen LogP contribution in [0.1, 0.15) is 20.8 Å². The molecule has 0 aliphatic rings. The quantitative estimate of drug-likeness (QED) is 0.395. The Morgan fingerprint density at radius 1 is 1.12 bits per heavy atom. The van der Waals surface area contributed by atoms with Crippen molar-refractivity contribution in [2.45, 2.75) is 0 Å². The molecule has 1 aromatic heterocycles. The van der Waals surface area contributed by atoms with E-state index < -0.39 is 10.8 Å². The second-order valence-corrected chi connectivity index (χ2v) is 6.54. The number of hydrogen-bond acceptors (Lipinski definition) is 4. The lowest BCUT2D eigenvalue weighted by atomic mass is 10.1. The third-order valence-electron chi connectivity index (χ3n) is 3.38. The van der Waals surface area contributed by atoms with Crippen molar-refractivity contribution in [3.05, 3.63) is 91.1 Å². The molecule has 3 aromatic rings. The van der Waals surface area contributed by atoms with Crippen molar-refractivity contribution in [1.29, 1.82) is 0 Å². The fraction of sp³-hybridized carbons (Fsp3) is 0. The number of carbonyl (C=O) groups is 1. The van der Waals surface area contributed by atoms with Gasteiger partial charge in [0.05, 0.1) is 9.80 Å². The molecular formula is C19H11ClN2O3S. The lowest BCUT2D eigenvalue weighted by molar-refractivity contribution is -0.384. The smallest absolute Gasteiger partial charge is 0.288 e. The van der Waals surface area contributed by atoms with Crippen LogP contribution in [0, 0.1) is 22.0 Å². The van der Waals surface area contributed by atoms with Gasteiger partial charge in [-0.05, 0) is 41.8 Å². The Kier molecular flexibility index (Phi) is 5.32. The van der Waals surface area contributed by atoms with Crippen LogP contribution in [0.25, 0.3) is 0 Å². The number of thiophene rings is 1. The Bertz CT molecular complexity index is 1040. The number of benzene rings is 2. The SMILES string of the molecule is O=C(Nc1cccc(C#Cc2cccs2)c1)c1ccc(Cl)c([N+](=O)[O-])c1. The lowest BCUT2D eigenvalue weighted by Crippen LogP contribution is -2.12. The van der Waals surface area contributed by atoms with Crippen LogP contribution in [0.3, 0.4) is 0 Å². The van der Waals surface area contributed by atoms with Crippen molar-refractivity contribution >= 4 is 40.2 Å². The van der Waals surface area contributed by atoms with Gasteiger partial charge in [-0.1, -0.05) is 35.6 Å². The van der Waals surface area contributed by atoms with Gasteiger partial charge in [0.2, 0.25) is 0 Å². The normalized spacial score (nSPS) is 9.88. The van der Waals surface area contributed by atoms with Crippen LogP contribution in [0.15, 0.2) is 60.0 Å². The molecule has 0 atom stereocenters. The van der Waals surface area contributed by atoms with E-state index in [2.05, 4.69) is 17.2 Å². The minimum absolute atomic E-state index is 0.0163. The van der Waals surface area contributed by atoms with E-state index in [1.165, 1.54) is 12.1 Å². The Hall–Kier alpha value is -3.14. The Balaban J connectivity index is 1.79. The van der Waals surface area contributed by atoms with E-state index in [-0.39, 0.29) is 16.3 Å². The zero-order chi connectivity index (χ0) is 18.5. The molecule has 5 nitrogen and oxygen atoms in total. The number of carbonyl (C=O) groups excluding carboxylic acids is 1. The summed E-state index contributed by atoms with van der Waals surface area (Å²) < 4.78 is 0. The summed E-state index contributed by atoms with van der Waals surface area (Å²) >= 11 is 7.32. The number of hydrogen-bond donors (Lipinski definition) is 1. The maximum absolute atomic E-state index is 12.3. The average molecular weight is 383 g/mol. The van der Waals surface area contributed by atoms with E-state index in [1.807, 2.05) is 23.6 Å². The maximum atomic E-state index is 12.3. The monoisotopic (exact) mass is 382 g/mol. The summed E-state index contributed by atoms with van der Waals surface area (Å²) in [5.74, 6) is 5.62. The Morgan fingerprint density at radius 3 is 2.69 bits per heavy atom. The summed E-state index contributed by atoms with van der Waals surface area (Å²) in [7, 11) is 0. The summed E-state index contributed by atoms with van der Waals surface area (Å²) in [4.78, 5) is 23.6. The predicted molar refractivity (Wildman–Crippen MR) is 103 cm³/mol. The number of nitrogens with zero attached hydrogens (tertiary/aromatic N) is 1. The third-order valence-corrected chi connectivity index (χ3v) is 4.48. The molecule has 7 heteroatoms. The predicted octanol–water partition coefficient (Wildman–Crippen LogP) is 4.96. The van der Waals surface area contributed by atoms with Crippen LogP contribution in [-0.2, 0) is 0 Å². The molecule has 1 heterocycles. The minimum atomic E-state index is -0.625. The van der Waals surface area contributed by atoms with E-state index >= 15 is 0 Å². The molecule has 0 unspecified atom stereocenters. The summed E-state index contributed by atoms with van der Waals surface area (Å²) in [6, 6.07) is 14.8. The van der Waals surface area contributed by atoms with Crippen LogP contribution < -0.4 is 5.32 Å². The van der Waals surface area contributed by atoms with Crippen molar-refractivity contribution in [3.8, 4) is 11.8 Å². The van der Waals surface area contributed by atoms with Gasteiger partial charge in [0.15, 0.2) is 0 Å². The van der Waals surface area contributed by atoms with E-state index in [0.29, 0.717) is 5.69 Å². The molecule has 26 heavy (non-hydrogen) atoms. The number of anilines is 1. The lowest BCUT2D eigenvalue weighted by Gasteiger charge is -2.06. The molecule has 0 aliphatic carbocycles. The first-order chi connectivity index (χ1) is 12.5. The van der Waals surface area contributed by atoms with Gasteiger partial charge in [0.25, 0.3) is 11.6 Å². The number of nitro groups is 1. The highest BCUT2D eigenvalue weighted by atomic mass is 35.5. The van der Waals surface area contributed by atoms with Crippen molar-refractivity contribution in [2.24, 2.45) is 0 Å². The largest absolute Gasteiger partial charge is 0.322 e. The van der Waals surface area contributed by atoms with Crippen LogP contribution in [0.2, 0.25) is 5.02 Å². The molecule has 0 saturated carbocycles. The van der Waals surface area contributed by atoms with Gasteiger partial charge in [-0.25, -0.2) is 0 Å². The highest BCUT2D eigenvalue weighted by Crippen LogP contribution is 2.25. The molecule has 0 aliphatic heterocycles. The Labute approximate surface area is 158 Å². The summed E-state index contributed by atoms with van der Waals surface area (Å²) in [5.41, 5.74) is 1.13. The molecule has 0 bridgehead atoms. The van der Waals surface area contributed by atoms with Crippen molar-refractivity contribution in [1.82, 2.24) is 0 Å². The molecule has 0 radical (unpaired) electrons. The van der Waals surface area contributed by atoms with Gasteiger partial charge in [-0.15, -0.1) is 11.3 Å². The second kappa shape index (κ2) is 7.83. The summed E-state index contributed by atoms with van der Waals surface area (Å²) in [6.45, 7) is 0. The first kappa shape index (κ1) is 17.7. The summed E-state index contributed by atoms with van der Waals surface area (Å²) in [6.07, 6.45) is 0. The van der Waals surface area contributed by atoms with E-state index in [9.17, 15) is 14.9 Å². The number of amides is 1. The zero-order valence-electron chi connectivity index (χ0n) is 13.2. The molecule has 1 amide bonds. The van der Waals surface area contributed by atoms with Gasteiger partial charge in [-0.2, -0.15) is 0 Å². The summed E-state index contributed by atoms with van der Waals surface area (Å²) in [5, 5.41) is 15.6. The van der Waals surface area contributed by atoms with Gasteiger partial charge in [-0.3, -0.25) is 14.9 Å². The molecule has 0 saturated heterocycles. The number of nitrogens with one attached hydrogen (secondary N) is 1. The van der Waals surface area contributed by atoms with E-state index in [0.717, 1.165) is 16.5 Å². The molecular weight excluding hydrogens is 372 g/mol. The average Bonchev–Trinajstić information content (AvgIpc) is 3.14. The maximum Gasteiger partial charge on any atom is 0.288 e. The van der Waals surface area contributed by atoms with Gasteiger partial charge in [0.1, 0.15) is 5.02 Å². The van der Waals surface area contributed by atoms with Crippen molar-refractivity contribution < 1.29 is 9.72 Å². The van der Waals surface area contributed by atoms with E-state index in [4.69, 9.17) is 11.6 Å². The van der Waals surface area contributed by atoms with Crippen LogP contribution >= 0.6 is 22.9 Å². The van der Waals surface area contributed by atoms with Crippen molar-refractivity contribution in [3.63, 3.8) is 0 Å². The zero-order valence-corrected chi connectivity index (χ0v) is 14.8. The minimum Gasteiger partial charge on any atom is -0.322 e. The van der Waals surface area contributed by atoms with Crippen LogP contribution in [-0.4, -0.2) is 10.8 Å². The third kappa shape index (κ3) is 4.28. The molecule has 3 rings (SSSR count). The fourth-order valence-corrected chi connectivity index (χ4v) is 2.91. The highest BCUT2D eigenvalue weighted by Gasteiger charge is 2.16. The van der Waals surface area contributed by atoms with Crippen LogP contribution in [0.4, 0.5) is 11.4 Å². The number of rotatable bonds is 3. The molecule has 128 valence electrons. The standard InChI is InChI=1S/C19H11ClN2O3S/c20-17-9-7-14(12-18(17)22(24)25)19(23)21-15-4-1-3-13(11-15)6-8-16-5-2-10-26-16/h1-5,7,9-12H,(H,21,23). The Morgan fingerprint density at radius 2 is 1.96 bits per heavy atom. The molecule has 0 spiro atoms. The highest BCUT2D eigenvalue weighted by molar-refractivity contribution is 7.10. The fourth-order valence-electron chi connectivity index (χ4n) is 2.16.